The Kier molecular flexibility index (Phi) is 7.12. The number of hydrogen-bond donors (Lipinski definition) is 3. The highest BCUT2D eigenvalue weighted by Gasteiger charge is 1.98. The van der Waals surface area contributed by atoms with E-state index in [1.165, 1.54) is 14.7 Å². The summed E-state index contributed by atoms with van der Waals surface area (Å²) in [6, 6.07) is 0. The third-order valence-electron chi connectivity index (χ3n) is 0.930. The lowest BCUT2D eigenvalue weighted by Crippen LogP contribution is -2.38. The minimum absolute atomic E-state index is 0.0937. The van der Waals surface area contributed by atoms with Crippen molar-refractivity contribution in [2.45, 2.75) is 0 Å². The molecule has 0 aromatic rings. The van der Waals surface area contributed by atoms with Gasteiger partial charge in [0.05, 0.1) is 6.54 Å². The number of carbonyl (C=O) groups is 1. The van der Waals surface area contributed by atoms with Crippen molar-refractivity contribution in [3.63, 3.8) is 0 Å². The molecule has 0 aliphatic rings. The van der Waals surface area contributed by atoms with Gasteiger partial charge in [-0.25, -0.2) is 0 Å². The van der Waals surface area contributed by atoms with E-state index in [0.717, 1.165) is 0 Å². The van der Waals surface area contributed by atoms with Crippen LogP contribution in [0.2, 0.25) is 0 Å². The quantitative estimate of drug-likeness (QED) is 0.303. The number of nitrogens with two attached hydrogens (primary N) is 1. The number of amides is 1. The van der Waals surface area contributed by atoms with E-state index in [0.29, 0.717) is 13.1 Å². The van der Waals surface area contributed by atoms with Gasteiger partial charge < -0.3 is 20.9 Å². The number of nitrogens with one attached hydrogen (secondary N) is 2. The molecule has 0 atom stereocenters. The van der Waals surface area contributed by atoms with E-state index in [1.807, 2.05) is 0 Å². The monoisotopic (exact) mass is 158 g/mol. The van der Waals surface area contributed by atoms with Crippen molar-refractivity contribution in [1.29, 1.82) is 0 Å². The third kappa shape index (κ3) is 7.31. The summed E-state index contributed by atoms with van der Waals surface area (Å²) in [5, 5.41) is 5.23. The minimum Gasteiger partial charge on any atom is -0.427 e. The molecular formula is C5H13BN3O2. The molecule has 0 bridgehead atoms. The molecule has 0 heterocycles. The van der Waals surface area contributed by atoms with E-state index < -0.39 is 0 Å². The van der Waals surface area contributed by atoms with E-state index in [2.05, 4.69) is 15.2 Å². The topological polar surface area (TPSA) is 76.4 Å². The maximum Gasteiger partial charge on any atom is 0.396 e. The van der Waals surface area contributed by atoms with Gasteiger partial charge in [-0.3, -0.25) is 4.79 Å². The summed E-state index contributed by atoms with van der Waals surface area (Å²) in [6.45, 7) is 1.18. The summed E-state index contributed by atoms with van der Waals surface area (Å²) < 4.78 is 4.56. The molecule has 6 heteroatoms. The highest BCUT2D eigenvalue weighted by atomic mass is 16.4. The van der Waals surface area contributed by atoms with Crippen LogP contribution in [-0.2, 0) is 9.45 Å². The second kappa shape index (κ2) is 7.52. The van der Waals surface area contributed by atoms with E-state index >= 15 is 0 Å². The van der Waals surface area contributed by atoms with Crippen molar-refractivity contribution in [3.8, 4) is 0 Å². The number of carbonyl (C=O) groups excluding carboxylic acids is 1. The zero-order chi connectivity index (χ0) is 8.53. The first kappa shape index (κ1) is 10.4. The van der Waals surface area contributed by atoms with Crippen LogP contribution >= 0.6 is 0 Å². The van der Waals surface area contributed by atoms with Crippen LogP contribution in [0.15, 0.2) is 0 Å². The van der Waals surface area contributed by atoms with Crippen LogP contribution in [0, 0.1) is 0 Å². The molecule has 0 aliphatic carbocycles. The Hall–Kier alpha value is -0.585. The first-order valence-corrected chi connectivity index (χ1v) is 3.36. The summed E-state index contributed by atoms with van der Waals surface area (Å²) in [6.07, 6.45) is 0. The molecule has 0 rings (SSSR count). The first-order chi connectivity index (χ1) is 5.31. The number of rotatable bonds is 6. The molecule has 1 radical (unpaired) electrons. The molecule has 5 nitrogen and oxygen atoms in total. The van der Waals surface area contributed by atoms with Crippen molar-refractivity contribution in [1.82, 2.24) is 10.5 Å². The average Bonchev–Trinajstić information content (AvgIpc) is 2.01. The Balaban J connectivity index is 3.09. The van der Waals surface area contributed by atoms with Crippen LogP contribution in [0.25, 0.3) is 0 Å². The van der Waals surface area contributed by atoms with Gasteiger partial charge in [-0.2, -0.15) is 0 Å². The van der Waals surface area contributed by atoms with Crippen molar-refractivity contribution in [3.05, 3.63) is 0 Å². The second-order valence-electron chi connectivity index (χ2n) is 1.87. The third-order valence-corrected chi connectivity index (χ3v) is 0.930. The maximum atomic E-state index is 10.8. The lowest BCUT2D eigenvalue weighted by molar-refractivity contribution is -0.119. The molecule has 0 aliphatic heterocycles. The Bertz CT molecular complexity index is 112. The van der Waals surface area contributed by atoms with Crippen LogP contribution in [0.3, 0.4) is 0 Å². The van der Waals surface area contributed by atoms with Crippen molar-refractivity contribution >= 4 is 13.5 Å². The van der Waals surface area contributed by atoms with Crippen LogP contribution in [-0.4, -0.2) is 40.3 Å². The van der Waals surface area contributed by atoms with Gasteiger partial charge in [0, 0.05) is 20.2 Å². The largest absolute Gasteiger partial charge is 0.427 e. The highest BCUT2D eigenvalue weighted by Crippen LogP contribution is 1.62. The van der Waals surface area contributed by atoms with Gasteiger partial charge >= 0.3 is 7.62 Å². The van der Waals surface area contributed by atoms with Crippen LogP contribution in [0.4, 0.5) is 0 Å². The molecule has 0 saturated heterocycles. The fourth-order valence-corrected chi connectivity index (χ4v) is 0.492. The van der Waals surface area contributed by atoms with Crippen LogP contribution < -0.4 is 16.3 Å². The Morgan fingerprint density at radius 1 is 1.73 bits per heavy atom. The van der Waals surface area contributed by atoms with E-state index in [9.17, 15) is 4.79 Å². The summed E-state index contributed by atoms with van der Waals surface area (Å²) in [5.74, 6) is -0.0937. The summed E-state index contributed by atoms with van der Waals surface area (Å²) in [7, 11) is 2.85. The zero-order valence-electron chi connectivity index (χ0n) is 6.59. The van der Waals surface area contributed by atoms with Crippen molar-refractivity contribution in [2.75, 3.05) is 26.7 Å². The maximum absolute atomic E-state index is 10.8. The molecule has 0 saturated carbocycles. The SMILES string of the molecule is CO[B]NCC(=O)NCCN. The first-order valence-electron chi connectivity index (χ1n) is 3.36. The van der Waals surface area contributed by atoms with Gasteiger partial charge in [0.2, 0.25) is 5.91 Å². The second-order valence-corrected chi connectivity index (χ2v) is 1.87. The molecule has 0 aromatic heterocycles. The normalized spacial score (nSPS) is 9.27. The minimum atomic E-state index is -0.0937. The molecule has 0 unspecified atom stereocenters. The fraction of sp³-hybridized carbons (Fsp3) is 0.800. The Morgan fingerprint density at radius 2 is 2.45 bits per heavy atom. The molecular weight excluding hydrogens is 145 g/mol. The smallest absolute Gasteiger partial charge is 0.396 e. The van der Waals surface area contributed by atoms with E-state index in [4.69, 9.17) is 5.73 Å². The van der Waals surface area contributed by atoms with Gasteiger partial charge in [0.25, 0.3) is 0 Å². The molecule has 11 heavy (non-hydrogen) atoms. The molecule has 0 fully saturated rings. The Morgan fingerprint density at radius 3 is 3.00 bits per heavy atom. The average molecular weight is 158 g/mol. The molecule has 4 N–H and O–H groups in total. The molecule has 0 spiro atoms. The standard InChI is InChI=1S/C5H13BN3O2/c1-11-6-9-4-5(10)8-3-2-7/h9H,2-4,7H2,1H3,(H,8,10). The molecule has 0 aromatic carbocycles. The predicted octanol–water partition coefficient (Wildman–Crippen LogP) is -2.17. The van der Waals surface area contributed by atoms with Gasteiger partial charge in [-0.15, -0.1) is 0 Å². The van der Waals surface area contributed by atoms with E-state index in [1.54, 1.807) is 0 Å². The van der Waals surface area contributed by atoms with Crippen LogP contribution in [0.1, 0.15) is 0 Å². The van der Waals surface area contributed by atoms with Crippen molar-refractivity contribution < 1.29 is 9.45 Å². The van der Waals surface area contributed by atoms with Gasteiger partial charge in [0.15, 0.2) is 0 Å². The van der Waals surface area contributed by atoms with Gasteiger partial charge in [0.1, 0.15) is 0 Å². The highest BCUT2D eigenvalue weighted by molar-refractivity contribution is 6.24. The molecule has 1 amide bonds. The molecule has 63 valence electrons. The predicted molar refractivity (Wildman–Crippen MR) is 42.8 cm³/mol. The lowest BCUT2D eigenvalue weighted by atomic mass is 10.3. The Labute approximate surface area is 67.0 Å². The van der Waals surface area contributed by atoms with Gasteiger partial charge in [-0.1, -0.05) is 0 Å². The fourth-order valence-electron chi connectivity index (χ4n) is 0.492. The van der Waals surface area contributed by atoms with Crippen LogP contribution in [0.5, 0.6) is 0 Å². The van der Waals surface area contributed by atoms with E-state index in [-0.39, 0.29) is 12.5 Å². The summed E-state index contributed by atoms with van der Waals surface area (Å²) >= 11 is 0. The lowest BCUT2D eigenvalue weighted by Gasteiger charge is -2.02. The summed E-state index contributed by atoms with van der Waals surface area (Å²) in [5.41, 5.74) is 5.16. The zero-order valence-corrected chi connectivity index (χ0v) is 6.59. The van der Waals surface area contributed by atoms with Crippen molar-refractivity contribution in [2.24, 2.45) is 5.73 Å². The number of hydrogen-bond acceptors (Lipinski definition) is 4. The summed E-state index contributed by atoms with van der Waals surface area (Å²) in [4.78, 5) is 10.8. The van der Waals surface area contributed by atoms with Gasteiger partial charge in [-0.05, 0) is 0 Å².